The summed E-state index contributed by atoms with van der Waals surface area (Å²) in [6, 6.07) is 6.08. The molecule has 6 amide bonds. The molecule has 1 aromatic carbocycles. The van der Waals surface area contributed by atoms with Crippen molar-refractivity contribution in [1.82, 2.24) is 20.4 Å². The highest BCUT2D eigenvalue weighted by atomic mass is 16.5. The van der Waals surface area contributed by atoms with E-state index in [0.717, 1.165) is 4.90 Å². The molecule has 3 rings (SSSR count). The molecule has 0 saturated carbocycles. The lowest BCUT2D eigenvalue weighted by atomic mass is 9.92. The summed E-state index contributed by atoms with van der Waals surface area (Å²) in [6.07, 6.45) is 0.849. The van der Waals surface area contributed by atoms with Gasteiger partial charge in [-0.15, -0.1) is 0 Å². The lowest BCUT2D eigenvalue weighted by Gasteiger charge is -2.22. The van der Waals surface area contributed by atoms with Crippen molar-refractivity contribution in [2.75, 3.05) is 26.7 Å². The van der Waals surface area contributed by atoms with Crippen molar-refractivity contribution in [1.29, 1.82) is 0 Å². The van der Waals surface area contributed by atoms with Crippen LogP contribution in [-0.4, -0.2) is 66.2 Å². The molecule has 0 spiro atoms. The van der Waals surface area contributed by atoms with E-state index >= 15 is 0 Å². The quantitative estimate of drug-likeness (QED) is 0.352. The first kappa shape index (κ1) is 21.3. The van der Waals surface area contributed by atoms with Crippen molar-refractivity contribution in [2.24, 2.45) is 0 Å². The Morgan fingerprint density at radius 2 is 1.73 bits per heavy atom. The van der Waals surface area contributed by atoms with Crippen molar-refractivity contribution < 1.29 is 28.7 Å². The molecule has 2 aliphatic heterocycles. The summed E-state index contributed by atoms with van der Waals surface area (Å²) < 4.78 is 5.10. The summed E-state index contributed by atoms with van der Waals surface area (Å²) in [6.45, 7) is 1.61. The molecule has 10 nitrogen and oxygen atoms in total. The number of rotatable bonds is 8. The van der Waals surface area contributed by atoms with Gasteiger partial charge in [0, 0.05) is 25.9 Å². The third kappa shape index (κ3) is 4.12. The number of likely N-dealkylation sites (tertiary alicyclic amines) is 1. The summed E-state index contributed by atoms with van der Waals surface area (Å²) in [5, 5.41) is 5.25. The van der Waals surface area contributed by atoms with Gasteiger partial charge in [-0.1, -0.05) is 12.1 Å². The first-order chi connectivity index (χ1) is 14.3. The second-order valence-electron chi connectivity index (χ2n) is 7.32. The molecule has 30 heavy (non-hydrogen) atoms. The number of imide groups is 2. The number of methoxy groups -OCH3 is 1. The van der Waals surface area contributed by atoms with E-state index in [2.05, 4.69) is 10.6 Å². The molecule has 2 heterocycles. The summed E-state index contributed by atoms with van der Waals surface area (Å²) >= 11 is 0. The Hall–Kier alpha value is -3.43. The van der Waals surface area contributed by atoms with Crippen LogP contribution in [0.4, 0.5) is 4.79 Å². The van der Waals surface area contributed by atoms with Gasteiger partial charge in [0.1, 0.15) is 17.8 Å². The van der Waals surface area contributed by atoms with Crippen molar-refractivity contribution >= 4 is 29.7 Å². The van der Waals surface area contributed by atoms with Crippen LogP contribution in [0.2, 0.25) is 0 Å². The predicted molar refractivity (Wildman–Crippen MR) is 104 cm³/mol. The molecular formula is C20H24N4O6. The maximum Gasteiger partial charge on any atom is 0.325 e. The van der Waals surface area contributed by atoms with Crippen LogP contribution in [0.25, 0.3) is 0 Å². The molecule has 2 N–H and O–H groups in total. The summed E-state index contributed by atoms with van der Waals surface area (Å²) in [7, 11) is 1.53. The van der Waals surface area contributed by atoms with Gasteiger partial charge in [-0.2, -0.15) is 0 Å². The van der Waals surface area contributed by atoms with Gasteiger partial charge in [-0.25, -0.2) is 4.79 Å². The minimum absolute atomic E-state index is 0.205. The fourth-order valence-corrected chi connectivity index (χ4v) is 3.50. The number of amides is 6. The van der Waals surface area contributed by atoms with Crippen LogP contribution in [-0.2, 0) is 24.7 Å². The number of hydrogen-bond acceptors (Lipinski definition) is 6. The fraction of sp³-hybridized carbons (Fsp3) is 0.450. The number of carbonyl (C=O) groups excluding carboxylic acids is 5. The Bertz CT molecular complexity index is 868. The number of hydrogen-bond donors (Lipinski definition) is 2. The largest absolute Gasteiger partial charge is 0.497 e. The lowest BCUT2D eigenvalue weighted by Crippen LogP contribution is -2.43. The zero-order chi connectivity index (χ0) is 21.9. The van der Waals surface area contributed by atoms with E-state index in [1.165, 1.54) is 12.0 Å². The van der Waals surface area contributed by atoms with Crippen LogP contribution < -0.4 is 15.4 Å². The highest BCUT2D eigenvalue weighted by Crippen LogP contribution is 2.29. The van der Waals surface area contributed by atoms with Gasteiger partial charge >= 0.3 is 6.03 Å². The molecule has 1 atom stereocenters. The SMILES string of the molecule is COc1ccc(C2(C)NC(=O)N(CC(=O)NCCCN3C(=O)CCC3=O)C2=O)cc1. The number of benzene rings is 1. The molecule has 2 saturated heterocycles. The Labute approximate surface area is 173 Å². The highest BCUT2D eigenvalue weighted by Gasteiger charge is 2.49. The predicted octanol–water partition coefficient (Wildman–Crippen LogP) is 0.118. The average Bonchev–Trinajstić information content (AvgIpc) is 3.16. The van der Waals surface area contributed by atoms with E-state index in [1.807, 2.05) is 0 Å². The van der Waals surface area contributed by atoms with Gasteiger partial charge in [-0.3, -0.25) is 29.0 Å². The zero-order valence-corrected chi connectivity index (χ0v) is 16.9. The number of nitrogens with zero attached hydrogens (tertiary/aromatic N) is 2. The van der Waals surface area contributed by atoms with E-state index in [4.69, 9.17) is 4.74 Å². The molecular weight excluding hydrogens is 392 g/mol. The fourth-order valence-electron chi connectivity index (χ4n) is 3.50. The number of nitrogens with one attached hydrogen (secondary N) is 2. The number of carbonyl (C=O) groups is 5. The normalized spacial score (nSPS) is 21.3. The molecule has 10 heteroatoms. The first-order valence-electron chi connectivity index (χ1n) is 9.65. The molecule has 0 aromatic heterocycles. The number of urea groups is 1. The van der Waals surface area contributed by atoms with Gasteiger partial charge in [-0.05, 0) is 31.0 Å². The molecule has 1 aromatic rings. The molecule has 0 aliphatic carbocycles. The molecule has 1 unspecified atom stereocenters. The van der Waals surface area contributed by atoms with Gasteiger partial charge in [0.25, 0.3) is 5.91 Å². The van der Waals surface area contributed by atoms with E-state index in [9.17, 15) is 24.0 Å². The maximum absolute atomic E-state index is 12.9. The van der Waals surface area contributed by atoms with Gasteiger partial charge in [0.15, 0.2) is 0 Å². The van der Waals surface area contributed by atoms with Crippen LogP contribution in [0.1, 0.15) is 31.7 Å². The third-order valence-electron chi connectivity index (χ3n) is 5.28. The Balaban J connectivity index is 1.52. The minimum Gasteiger partial charge on any atom is -0.497 e. The van der Waals surface area contributed by atoms with E-state index in [-0.39, 0.29) is 37.7 Å². The molecule has 0 bridgehead atoms. The second-order valence-corrected chi connectivity index (χ2v) is 7.32. The molecule has 0 radical (unpaired) electrons. The van der Waals surface area contributed by atoms with Crippen LogP contribution in [0.5, 0.6) is 5.75 Å². The third-order valence-corrected chi connectivity index (χ3v) is 5.28. The minimum atomic E-state index is -1.28. The topological polar surface area (TPSA) is 125 Å². The Kier molecular flexibility index (Phi) is 6.04. The second kappa shape index (κ2) is 8.52. The van der Waals surface area contributed by atoms with Crippen LogP contribution >= 0.6 is 0 Å². The first-order valence-corrected chi connectivity index (χ1v) is 9.65. The highest BCUT2D eigenvalue weighted by molar-refractivity contribution is 6.09. The maximum atomic E-state index is 12.9. The van der Waals surface area contributed by atoms with E-state index < -0.39 is 29.9 Å². The van der Waals surface area contributed by atoms with Gasteiger partial charge in [0.05, 0.1) is 7.11 Å². The molecule has 160 valence electrons. The zero-order valence-electron chi connectivity index (χ0n) is 16.9. The summed E-state index contributed by atoms with van der Waals surface area (Å²) in [5.41, 5.74) is -0.704. The van der Waals surface area contributed by atoms with Crippen molar-refractivity contribution in [3.05, 3.63) is 29.8 Å². The van der Waals surface area contributed by atoms with Crippen molar-refractivity contribution in [3.8, 4) is 5.75 Å². The number of ether oxygens (including phenoxy) is 1. The Morgan fingerprint density at radius 3 is 2.33 bits per heavy atom. The van der Waals surface area contributed by atoms with Crippen LogP contribution in [0, 0.1) is 0 Å². The van der Waals surface area contributed by atoms with E-state index in [0.29, 0.717) is 17.7 Å². The van der Waals surface area contributed by atoms with Crippen LogP contribution in [0.3, 0.4) is 0 Å². The van der Waals surface area contributed by atoms with Crippen LogP contribution in [0.15, 0.2) is 24.3 Å². The van der Waals surface area contributed by atoms with Crippen molar-refractivity contribution in [3.63, 3.8) is 0 Å². The lowest BCUT2D eigenvalue weighted by molar-refractivity contribution is -0.138. The Morgan fingerprint density at radius 1 is 1.10 bits per heavy atom. The van der Waals surface area contributed by atoms with Crippen molar-refractivity contribution in [2.45, 2.75) is 31.7 Å². The summed E-state index contributed by atoms with van der Waals surface area (Å²) in [4.78, 5) is 62.5. The van der Waals surface area contributed by atoms with Gasteiger partial charge in [0.2, 0.25) is 17.7 Å². The van der Waals surface area contributed by atoms with E-state index in [1.54, 1.807) is 31.2 Å². The average molecular weight is 416 g/mol. The standard InChI is InChI=1S/C20H24N4O6/c1-20(13-4-6-14(30-2)7-5-13)18(28)24(19(29)22-20)12-15(25)21-10-3-11-23-16(26)8-9-17(23)27/h4-7H,3,8-12H2,1-2H3,(H,21,25)(H,22,29). The molecule has 2 fully saturated rings. The summed E-state index contributed by atoms with van der Waals surface area (Å²) in [5.74, 6) is -0.822. The van der Waals surface area contributed by atoms with Gasteiger partial charge < -0.3 is 15.4 Å². The smallest absolute Gasteiger partial charge is 0.325 e. The molecule has 2 aliphatic rings. The monoisotopic (exact) mass is 416 g/mol.